The van der Waals surface area contributed by atoms with Gasteiger partial charge in [0.25, 0.3) is 11.5 Å². The first-order valence-corrected chi connectivity index (χ1v) is 13.7. The van der Waals surface area contributed by atoms with Gasteiger partial charge in [0.2, 0.25) is 5.88 Å². The fraction of sp³-hybridized carbons (Fsp3) is 0.200. The number of methoxy groups -OCH3 is 2. The summed E-state index contributed by atoms with van der Waals surface area (Å²) in [7, 11) is 3.16. The summed E-state index contributed by atoms with van der Waals surface area (Å²) in [5, 5.41) is 0. The Hall–Kier alpha value is -4.15. The van der Waals surface area contributed by atoms with Gasteiger partial charge in [0, 0.05) is 12.7 Å². The van der Waals surface area contributed by atoms with Crippen LogP contribution in [0.2, 0.25) is 0 Å². The third-order valence-electron chi connectivity index (χ3n) is 6.36. The molecule has 2 aromatic carbocycles. The summed E-state index contributed by atoms with van der Waals surface area (Å²) in [6.07, 6.45) is 3.72. The maximum absolute atomic E-state index is 13.6. The standard InChI is InChI=1S/C30H27N3O5S2/c1-18-13-19(2)15-21(14-18)38-27-22(28(34)32-11-6-5-7-26(32)31-27)17-25-29(35)33(30(39)40-25)12-10-20-8-9-23(36-3)24(16-20)37-4/h5-9,11,13-17H,10,12H2,1-4H3/b25-17+. The lowest BCUT2D eigenvalue weighted by Gasteiger charge is -2.15. The second kappa shape index (κ2) is 11.5. The van der Waals surface area contributed by atoms with Gasteiger partial charge >= 0.3 is 0 Å². The number of nitrogens with zero attached hydrogens (tertiary/aromatic N) is 3. The first-order chi connectivity index (χ1) is 19.3. The number of hydrogen-bond acceptors (Lipinski definition) is 8. The number of ether oxygens (including phenoxy) is 3. The first kappa shape index (κ1) is 27.4. The van der Waals surface area contributed by atoms with E-state index in [0.717, 1.165) is 28.5 Å². The normalized spacial score (nSPS) is 14.3. The summed E-state index contributed by atoms with van der Waals surface area (Å²) >= 11 is 6.70. The Labute approximate surface area is 241 Å². The van der Waals surface area contributed by atoms with Crippen LogP contribution in [0, 0.1) is 13.8 Å². The number of fused-ring (bicyclic) bond motifs is 1. The lowest BCUT2D eigenvalue weighted by atomic mass is 10.1. The van der Waals surface area contributed by atoms with Crippen molar-refractivity contribution in [3.8, 4) is 23.1 Å². The summed E-state index contributed by atoms with van der Waals surface area (Å²) in [5.41, 5.74) is 3.26. The van der Waals surface area contributed by atoms with Crippen LogP contribution in [0.3, 0.4) is 0 Å². The zero-order valence-corrected chi connectivity index (χ0v) is 24.1. The fourth-order valence-electron chi connectivity index (χ4n) is 4.49. The minimum atomic E-state index is -0.347. The molecule has 0 unspecified atom stereocenters. The summed E-state index contributed by atoms with van der Waals surface area (Å²) in [4.78, 5) is 33.5. The van der Waals surface area contributed by atoms with Gasteiger partial charge in [-0.1, -0.05) is 42.2 Å². The number of thiocarbonyl (C=S) groups is 1. The third-order valence-corrected chi connectivity index (χ3v) is 7.74. The molecule has 2 aromatic heterocycles. The van der Waals surface area contributed by atoms with Crippen molar-refractivity contribution in [2.24, 2.45) is 0 Å². The monoisotopic (exact) mass is 573 g/mol. The summed E-state index contributed by atoms with van der Waals surface area (Å²) in [5.74, 6) is 1.66. The van der Waals surface area contributed by atoms with E-state index in [4.69, 9.17) is 26.4 Å². The average molecular weight is 574 g/mol. The molecule has 10 heteroatoms. The van der Waals surface area contributed by atoms with Crippen molar-refractivity contribution in [1.29, 1.82) is 0 Å². The van der Waals surface area contributed by atoms with Crippen molar-refractivity contribution in [3.63, 3.8) is 0 Å². The van der Waals surface area contributed by atoms with Crippen LogP contribution >= 0.6 is 24.0 Å². The largest absolute Gasteiger partial charge is 0.493 e. The first-order valence-electron chi connectivity index (χ1n) is 12.5. The molecule has 1 aliphatic heterocycles. The van der Waals surface area contributed by atoms with Crippen LogP contribution in [-0.2, 0) is 11.2 Å². The smallest absolute Gasteiger partial charge is 0.269 e. The topological polar surface area (TPSA) is 82.4 Å². The molecule has 1 amide bonds. The highest BCUT2D eigenvalue weighted by molar-refractivity contribution is 8.26. The van der Waals surface area contributed by atoms with Crippen LogP contribution in [0.5, 0.6) is 23.1 Å². The Kier molecular flexibility index (Phi) is 7.90. The summed E-state index contributed by atoms with van der Waals surface area (Å²) < 4.78 is 18.7. The van der Waals surface area contributed by atoms with Gasteiger partial charge in [-0.15, -0.1) is 0 Å². The zero-order valence-electron chi connectivity index (χ0n) is 22.5. The number of thioether (sulfide) groups is 1. The van der Waals surface area contributed by atoms with Crippen molar-refractivity contribution < 1.29 is 19.0 Å². The van der Waals surface area contributed by atoms with Gasteiger partial charge < -0.3 is 14.2 Å². The molecule has 0 saturated carbocycles. The van der Waals surface area contributed by atoms with Crippen molar-refractivity contribution >= 4 is 45.9 Å². The van der Waals surface area contributed by atoms with Gasteiger partial charge in [-0.2, -0.15) is 4.98 Å². The molecule has 8 nitrogen and oxygen atoms in total. The molecule has 4 aromatic rings. The highest BCUT2D eigenvalue weighted by atomic mass is 32.2. The van der Waals surface area contributed by atoms with E-state index in [2.05, 4.69) is 4.98 Å². The van der Waals surface area contributed by atoms with Crippen LogP contribution < -0.4 is 19.8 Å². The number of amides is 1. The maximum Gasteiger partial charge on any atom is 0.269 e. The molecule has 3 heterocycles. The molecule has 1 aliphatic rings. The van der Waals surface area contributed by atoms with Gasteiger partial charge in [-0.05, 0) is 79.4 Å². The van der Waals surface area contributed by atoms with Gasteiger partial charge in [-0.3, -0.25) is 18.9 Å². The Bertz CT molecular complexity index is 1710. The molecular weight excluding hydrogens is 546 g/mol. The molecule has 0 bridgehead atoms. The molecule has 1 fully saturated rings. The average Bonchev–Trinajstić information content (AvgIpc) is 3.20. The summed E-state index contributed by atoms with van der Waals surface area (Å²) in [6.45, 7) is 4.31. The minimum Gasteiger partial charge on any atom is -0.493 e. The van der Waals surface area contributed by atoms with Crippen LogP contribution in [-0.4, -0.2) is 45.3 Å². The molecule has 0 N–H and O–H groups in total. The maximum atomic E-state index is 13.6. The van der Waals surface area contributed by atoms with Crippen molar-refractivity contribution in [3.05, 3.63) is 98.3 Å². The number of carbonyl (C=O) groups excluding carboxylic acids is 1. The Morgan fingerprint density at radius 2 is 1.73 bits per heavy atom. The van der Waals surface area contributed by atoms with Crippen molar-refractivity contribution in [2.75, 3.05) is 20.8 Å². The quantitative estimate of drug-likeness (QED) is 0.200. The lowest BCUT2D eigenvalue weighted by Crippen LogP contribution is -2.30. The molecular formula is C30H27N3O5S2. The van der Waals surface area contributed by atoms with Gasteiger partial charge in [0.1, 0.15) is 21.3 Å². The van der Waals surface area contributed by atoms with Crippen LogP contribution in [0.4, 0.5) is 0 Å². The SMILES string of the molecule is COc1ccc(CCN2C(=O)/C(=C\c3c(Oc4cc(C)cc(C)c4)nc4ccccn4c3=O)SC2=S)cc1OC. The highest BCUT2D eigenvalue weighted by Crippen LogP contribution is 2.35. The molecule has 0 radical (unpaired) electrons. The highest BCUT2D eigenvalue weighted by Gasteiger charge is 2.32. The van der Waals surface area contributed by atoms with Crippen molar-refractivity contribution in [2.45, 2.75) is 20.3 Å². The minimum absolute atomic E-state index is 0.122. The predicted molar refractivity (Wildman–Crippen MR) is 161 cm³/mol. The Morgan fingerprint density at radius 1 is 0.975 bits per heavy atom. The molecule has 204 valence electrons. The van der Waals surface area contributed by atoms with E-state index in [9.17, 15) is 9.59 Å². The van der Waals surface area contributed by atoms with Gasteiger partial charge in [-0.25, -0.2) is 0 Å². The van der Waals surface area contributed by atoms with E-state index >= 15 is 0 Å². The second-order valence-corrected chi connectivity index (χ2v) is 10.9. The number of carbonyl (C=O) groups is 1. The fourth-order valence-corrected chi connectivity index (χ4v) is 5.78. The molecule has 1 saturated heterocycles. The van der Waals surface area contributed by atoms with Crippen molar-refractivity contribution in [1.82, 2.24) is 14.3 Å². The van der Waals surface area contributed by atoms with E-state index in [-0.39, 0.29) is 22.9 Å². The number of pyridine rings is 1. The van der Waals surface area contributed by atoms with Crippen LogP contribution in [0.25, 0.3) is 11.7 Å². The summed E-state index contributed by atoms with van der Waals surface area (Å²) in [6, 6.07) is 16.7. The van der Waals surface area contributed by atoms with Gasteiger partial charge in [0.05, 0.1) is 19.1 Å². The van der Waals surface area contributed by atoms with E-state index in [0.29, 0.717) is 45.1 Å². The Balaban J connectivity index is 1.46. The zero-order chi connectivity index (χ0) is 28.4. The van der Waals surface area contributed by atoms with E-state index in [1.165, 1.54) is 10.5 Å². The van der Waals surface area contributed by atoms with Gasteiger partial charge in [0.15, 0.2) is 11.5 Å². The lowest BCUT2D eigenvalue weighted by molar-refractivity contribution is -0.122. The number of hydrogen-bond donors (Lipinski definition) is 0. The number of benzene rings is 2. The van der Waals surface area contributed by atoms with E-state index in [1.54, 1.807) is 43.5 Å². The number of aromatic nitrogens is 2. The van der Waals surface area contributed by atoms with E-state index < -0.39 is 0 Å². The molecule has 0 spiro atoms. The molecule has 0 aliphatic carbocycles. The van der Waals surface area contributed by atoms with Crippen LogP contribution in [0.1, 0.15) is 22.3 Å². The number of aryl methyl sites for hydroxylation is 2. The van der Waals surface area contributed by atoms with E-state index in [1.807, 2.05) is 50.2 Å². The number of rotatable bonds is 8. The Morgan fingerprint density at radius 3 is 2.45 bits per heavy atom. The predicted octanol–water partition coefficient (Wildman–Crippen LogP) is 5.56. The molecule has 40 heavy (non-hydrogen) atoms. The van der Waals surface area contributed by atoms with Crippen LogP contribution in [0.15, 0.2) is 70.5 Å². The second-order valence-electron chi connectivity index (χ2n) is 9.26. The third kappa shape index (κ3) is 5.59. The molecule has 5 rings (SSSR count). The molecule has 0 atom stereocenters.